The predicted octanol–water partition coefficient (Wildman–Crippen LogP) is 7.67. The molecule has 1 heterocycles. The minimum atomic E-state index is -0.980. The molecule has 40 heavy (non-hydrogen) atoms. The van der Waals surface area contributed by atoms with Gasteiger partial charge in [0, 0.05) is 48.6 Å². The van der Waals surface area contributed by atoms with E-state index in [0.717, 1.165) is 33.3 Å². The Bertz CT molecular complexity index is 1530. The summed E-state index contributed by atoms with van der Waals surface area (Å²) < 4.78 is 0. The fourth-order valence-electron chi connectivity index (χ4n) is 4.86. The lowest BCUT2D eigenvalue weighted by molar-refractivity contribution is 0.0771. The number of pyridine rings is 1. The number of hydrogen-bond acceptors (Lipinski definition) is 3. The third-order valence-corrected chi connectivity index (χ3v) is 7.37. The van der Waals surface area contributed by atoms with Gasteiger partial charge < -0.3 is 14.9 Å². The molecular weight excluding hydrogens is 522 g/mol. The van der Waals surface area contributed by atoms with Gasteiger partial charge in [-0.05, 0) is 67.3 Å². The van der Waals surface area contributed by atoms with E-state index in [9.17, 15) is 14.7 Å². The van der Waals surface area contributed by atoms with Gasteiger partial charge in [-0.25, -0.2) is 9.78 Å². The smallest absolute Gasteiger partial charge is 0.407 e. The van der Waals surface area contributed by atoms with E-state index in [1.807, 2.05) is 104 Å². The maximum atomic E-state index is 13.4. The quantitative estimate of drug-likeness (QED) is 0.218. The average molecular weight is 556 g/mol. The number of rotatable bonds is 10. The van der Waals surface area contributed by atoms with Crippen molar-refractivity contribution in [3.05, 3.63) is 112 Å². The molecule has 0 saturated heterocycles. The largest absolute Gasteiger partial charge is 0.465 e. The molecule has 1 N–H and O–H groups in total. The Morgan fingerprint density at radius 1 is 0.950 bits per heavy atom. The highest BCUT2D eigenvalue weighted by Gasteiger charge is 2.24. The number of carbonyl (C=O) groups excluding carboxylic acids is 1. The van der Waals surface area contributed by atoms with Crippen LogP contribution in [0.1, 0.15) is 58.9 Å². The molecule has 2 amide bonds. The lowest BCUT2D eigenvalue weighted by Crippen LogP contribution is -2.32. The molecule has 4 aromatic rings. The fourth-order valence-corrected chi connectivity index (χ4v) is 5.02. The molecule has 0 aliphatic heterocycles. The number of hydrogen-bond donors (Lipinski definition) is 1. The Balaban J connectivity index is 1.70. The van der Waals surface area contributed by atoms with Gasteiger partial charge in [0.05, 0.1) is 11.2 Å². The van der Waals surface area contributed by atoms with E-state index in [2.05, 4.69) is 6.07 Å². The Morgan fingerprint density at radius 3 is 2.45 bits per heavy atom. The molecule has 1 unspecified atom stereocenters. The summed E-state index contributed by atoms with van der Waals surface area (Å²) in [5, 5.41) is 11.1. The fraction of sp³-hybridized carbons (Fsp3) is 0.242. The van der Waals surface area contributed by atoms with Gasteiger partial charge in [-0.2, -0.15) is 0 Å². The summed E-state index contributed by atoms with van der Waals surface area (Å²) in [5.41, 5.74) is 5.19. The van der Waals surface area contributed by atoms with E-state index in [4.69, 9.17) is 16.6 Å². The summed E-state index contributed by atoms with van der Waals surface area (Å²) in [6.45, 7) is 5.50. The maximum absolute atomic E-state index is 13.4. The molecule has 0 bridgehead atoms. The highest BCUT2D eigenvalue weighted by Crippen LogP contribution is 2.32. The van der Waals surface area contributed by atoms with Crippen molar-refractivity contribution in [3.63, 3.8) is 0 Å². The highest BCUT2D eigenvalue weighted by atomic mass is 35.5. The van der Waals surface area contributed by atoms with Gasteiger partial charge in [-0.3, -0.25) is 4.79 Å². The molecule has 0 aliphatic rings. The van der Waals surface area contributed by atoms with Crippen LogP contribution in [-0.2, 0) is 0 Å². The summed E-state index contributed by atoms with van der Waals surface area (Å²) in [6.07, 6.45) is 3.53. The van der Waals surface area contributed by atoms with Crippen LogP contribution in [0.15, 0.2) is 78.9 Å². The molecule has 3 aromatic carbocycles. The minimum absolute atomic E-state index is 0.0179. The first-order valence-electron chi connectivity index (χ1n) is 13.5. The van der Waals surface area contributed by atoms with Crippen LogP contribution in [0.2, 0.25) is 5.02 Å². The van der Waals surface area contributed by atoms with Crippen LogP contribution < -0.4 is 0 Å². The second-order valence-corrected chi connectivity index (χ2v) is 10.1. The van der Waals surface area contributed by atoms with E-state index in [0.29, 0.717) is 36.6 Å². The molecule has 1 atom stereocenters. The van der Waals surface area contributed by atoms with Crippen LogP contribution in [0.3, 0.4) is 0 Å². The number of fused-ring (bicyclic) bond motifs is 1. The molecule has 206 valence electrons. The van der Waals surface area contributed by atoms with Gasteiger partial charge in [0.1, 0.15) is 0 Å². The second-order valence-electron chi connectivity index (χ2n) is 9.69. The van der Waals surface area contributed by atoms with Crippen molar-refractivity contribution in [1.29, 1.82) is 0 Å². The van der Waals surface area contributed by atoms with Crippen molar-refractivity contribution in [2.75, 3.05) is 26.7 Å². The first-order valence-corrected chi connectivity index (χ1v) is 13.8. The maximum Gasteiger partial charge on any atom is 0.407 e. The van der Waals surface area contributed by atoms with Crippen LogP contribution in [0, 0.1) is 0 Å². The summed E-state index contributed by atoms with van der Waals surface area (Å²) in [4.78, 5) is 32.8. The van der Waals surface area contributed by atoms with Gasteiger partial charge in [0.2, 0.25) is 0 Å². The SMILES string of the molecule is CCN(CC)C(=O)c1ccccc1C(CCN(C)C(=O)O)c1cccc(C=Cc2ccc3ccc(Cl)cc3n2)c1. The van der Waals surface area contributed by atoms with Crippen molar-refractivity contribution >= 4 is 46.7 Å². The van der Waals surface area contributed by atoms with Crippen LogP contribution in [-0.4, -0.2) is 58.6 Å². The van der Waals surface area contributed by atoms with E-state index < -0.39 is 6.09 Å². The van der Waals surface area contributed by atoms with E-state index in [1.54, 1.807) is 7.05 Å². The van der Waals surface area contributed by atoms with Gasteiger partial charge >= 0.3 is 6.09 Å². The lowest BCUT2D eigenvalue weighted by atomic mass is 9.84. The monoisotopic (exact) mass is 555 g/mol. The van der Waals surface area contributed by atoms with Crippen LogP contribution in [0.25, 0.3) is 23.1 Å². The first kappa shape index (κ1) is 28.8. The topological polar surface area (TPSA) is 73.7 Å². The third-order valence-electron chi connectivity index (χ3n) is 7.13. The summed E-state index contributed by atoms with van der Waals surface area (Å²) >= 11 is 6.15. The number of aromatic nitrogens is 1. The van der Waals surface area contributed by atoms with Crippen molar-refractivity contribution in [3.8, 4) is 0 Å². The molecule has 0 saturated carbocycles. The van der Waals surface area contributed by atoms with Crippen LogP contribution in [0.4, 0.5) is 4.79 Å². The minimum Gasteiger partial charge on any atom is -0.465 e. The molecule has 4 rings (SSSR count). The molecule has 0 fully saturated rings. The van der Waals surface area contributed by atoms with Gasteiger partial charge in [0.15, 0.2) is 0 Å². The summed E-state index contributed by atoms with van der Waals surface area (Å²) in [5.74, 6) is -0.192. The second kappa shape index (κ2) is 13.3. The zero-order valence-electron chi connectivity index (χ0n) is 23.0. The molecule has 0 radical (unpaired) electrons. The molecule has 0 aliphatic carbocycles. The Hall–Kier alpha value is -4.16. The lowest BCUT2D eigenvalue weighted by Gasteiger charge is -2.26. The average Bonchev–Trinajstić information content (AvgIpc) is 2.96. The van der Waals surface area contributed by atoms with Gasteiger partial charge in [0.25, 0.3) is 5.91 Å². The molecule has 1 aromatic heterocycles. The Labute approximate surface area is 240 Å². The number of carbonyl (C=O) groups is 2. The number of halogens is 1. The van der Waals surface area contributed by atoms with Gasteiger partial charge in [-0.15, -0.1) is 0 Å². The molecule has 6 nitrogen and oxygen atoms in total. The number of carboxylic acid groups (broad SMARTS) is 1. The standard InChI is InChI=1S/C33H34ClN3O3/c1-4-37(5-2)32(38)30-12-7-6-11-29(30)28(19-20-36(3)33(39)40)25-10-8-9-23(21-25)13-17-27-18-15-24-14-16-26(34)22-31(24)35-27/h6-18,21-22,28H,4-5,19-20H2,1-3H3,(H,39,40). The van der Waals surface area contributed by atoms with E-state index in [-0.39, 0.29) is 11.8 Å². The predicted molar refractivity (Wildman–Crippen MR) is 163 cm³/mol. The first-order chi connectivity index (χ1) is 19.3. The normalized spacial score (nSPS) is 12.0. The number of nitrogens with zero attached hydrogens (tertiary/aromatic N) is 3. The van der Waals surface area contributed by atoms with Crippen molar-refractivity contribution in [1.82, 2.24) is 14.8 Å². The van der Waals surface area contributed by atoms with E-state index >= 15 is 0 Å². The van der Waals surface area contributed by atoms with Crippen molar-refractivity contribution in [2.45, 2.75) is 26.2 Å². The molecular formula is C33H34ClN3O3. The van der Waals surface area contributed by atoms with Crippen molar-refractivity contribution in [2.24, 2.45) is 0 Å². The van der Waals surface area contributed by atoms with E-state index in [1.165, 1.54) is 4.90 Å². The molecule has 7 heteroatoms. The van der Waals surface area contributed by atoms with Gasteiger partial charge in [-0.1, -0.05) is 72.3 Å². The Morgan fingerprint density at radius 2 is 1.70 bits per heavy atom. The number of benzene rings is 3. The summed E-state index contributed by atoms with van der Waals surface area (Å²) in [7, 11) is 1.56. The van der Waals surface area contributed by atoms with Crippen molar-refractivity contribution < 1.29 is 14.7 Å². The highest BCUT2D eigenvalue weighted by molar-refractivity contribution is 6.31. The zero-order chi connectivity index (χ0) is 28.6. The molecule has 0 spiro atoms. The summed E-state index contributed by atoms with van der Waals surface area (Å²) in [6, 6.07) is 25.5. The Kier molecular flexibility index (Phi) is 9.56. The zero-order valence-corrected chi connectivity index (χ0v) is 23.8. The third kappa shape index (κ3) is 6.88. The van der Waals surface area contributed by atoms with Crippen LogP contribution in [0.5, 0.6) is 0 Å². The number of amides is 2. The van der Waals surface area contributed by atoms with Crippen LogP contribution >= 0.6 is 11.6 Å².